The molecule has 1 aliphatic carbocycles. The highest BCUT2D eigenvalue weighted by atomic mass is 16.3. The molecule has 7 aromatic rings. The zero-order valence-electron chi connectivity index (χ0n) is 25.9. The second-order valence-electron chi connectivity index (χ2n) is 12.5. The van der Waals surface area contributed by atoms with Gasteiger partial charge in [0.25, 0.3) is 0 Å². The summed E-state index contributed by atoms with van der Waals surface area (Å²) >= 11 is 0. The van der Waals surface area contributed by atoms with E-state index in [0.29, 0.717) is 22.3 Å². The molecule has 222 valence electrons. The van der Waals surface area contributed by atoms with Crippen LogP contribution in [0.25, 0.3) is 33.0 Å². The van der Waals surface area contributed by atoms with Crippen LogP contribution >= 0.6 is 0 Å². The lowest BCUT2D eigenvalue weighted by atomic mass is 9.59. The highest BCUT2D eigenvalue weighted by molar-refractivity contribution is 6.09. The van der Waals surface area contributed by atoms with Crippen LogP contribution < -0.4 is 0 Å². The van der Waals surface area contributed by atoms with Gasteiger partial charge in [0.15, 0.2) is 0 Å². The van der Waals surface area contributed by atoms with Gasteiger partial charge in [-0.15, -0.1) is 0 Å². The molecule has 7 aromatic carbocycles. The Hall–Kier alpha value is -5.28. The molecule has 0 fully saturated rings. The highest BCUT2D eigenvalue weighted by Gasteiger charge is 2.53. The molecule has 0 aromatic heterocycles. The highest BCUT2D eigenvalue weighted by Crippen LogP contribution is 2.60. The Morgan fingerprint density at radius 2 is 0.696 bits per heavy atom. The molecule has 0 bridgehead atoms. The van der Waals surface area contributed by atoms with Gasteiger partial charge < -0.3 is 10.2 Å². The van der Waals surface area contributed by atoms with E-state index in [2.05, 4.69) is 86.6 Å². The average molecular weight is 595 g/mol. The zero-order chi connectivity index (χ0) is 31.5. The Labute approximate surface area is 269 Å². The predicted molar refractivity (Wildman–Crippen MR) is 188 cm³/mol. The smallest absolute Gasteiger partial charge is 0.142 e. The van der Waals surface area contributed by atoms with E-state index in [1.807, 2.05) is 84.9 Å². The fourth-order valence-electron chi connectivity index (χ4n) is 7.54. The van der Waals surface area contributed by atoms with Crippen molar-refractivity contribution in [1.29, 1.82) is 0 Å². The Morgan fingerprint density at radius 1 is 0.370 bits per heavy atom. The average Bonchev–Trinajstić information content (AvgIpc) is 3.11. The van der Waals surface area contributed by atoms with E-state index in [4.69, 9.17) is 0 Å². The van der Waals surface area contributed by atoms with Crippen molar-refractivity contribution >= 4 is 10.8 Å². The van der Waals surface area contributed by atoms with E-state index >= 15 is 0 Å². The maximum Gasteiger partial charge on any atom is 0.142 e. The normalized spacial score (nSPS) is 18.6. The van der Waals surface area contributed by atoms with Crippen molar-refractivity contribution < 1.29 is 10.2 Å². The summed E-state index contributed by atoms with van der Waals surface area (Å²) in [7, 11) is 0. The number of fused-ring (bicyclic) bond motifs is 3. The van der Waals surface area contributed by atoms with Gasteiger partial charge in [-0.05, 0) is 69.1 Å². The molecular weight excluding hydrogens is 560 g/mol. The van der Waals surface area contributed by atoms with Crippen molar-refractivity contribution in [3.63, 3.8) is 0 Å². The summed E-state index contributed by atoms with van der Waals surface area (Å²) in [6.07, 6.45) is 0. The van der Waals surface area contributed by atoms with Crippen molar-refractivity contribution in [2.24, 2.45) is 0 Å². The van der Waals surface area contributed by atoms with Crippen LogP contribution in [0.3, 0.4) is 0 Å². The van der Waals surface area contributed by atoms with E-state index in [-0.39, 0.29) is 0 Å². The van der Waals surface area contributed by atoms with E-state index in [1.165, 1.54) is 0 Å². The van der Waals surface area contributed by atoms with Crippen LogP contribution in [0.1, 0.15) is 44.5 Å². The van der Waals surface area contributed by atoms with Gasteiger partial charge in [0.05, 0.1) is 0 Å². The minimum absolute atomic E-state index is 0.665. The number of hydrogen-bond donors (Lipinski definition) is 2. The summed E-state index contributed by atoms with van der Waals surface area (Å²) in [5.41, 5.74) is 7.15. The van der Waals surface area contributed by atoms with E-state index in [9.17, 15) is 10.2 Å². The van der Waals surface area contributed by atoms with Gasteiger partial charge >= 0.3 is 0 Å². The predicted octanol–water partition coefficient (Wildman–Crippen LogP) is 9.67. The molecule has 1 aliphatic rings. The van der Waals surface area contributed by atoms with Gasteiger partial charge in [-0.3, -0.25) is 0 Å². The Kier molecular flexibility index (Phi) is 6.54. The second-order valence-corrected chi connectivity index (χ2v) is 12.5. The summed E-state index contributed by atoms with van der Waals surface area (Å²) in [4.78, 5) is 0. The first-order valence-electron chi connectivity index (χ1n) is 15.8. The first kappa shape index (κ1) is 28.2. The molecule has 46 heavy (non-hydrogen) atoms. The fraction of sp³-hybridized carbons (Fsp3) is 0.0909. The van der Waals surface area contributed by atoms with Crippen molar-refractivity contribution in [2.45, 2.75) is 25.0 Å². The first-order chi connectivity index (χ1) is 22.4. The summed E-state index contributed by atoms with van der Waals surface area (Å²) < 4.78 is 0. The minimum Gasteiger partial charge on any atom is -0.376 e. The number of hydrogen-bond acceptors (Lipinski definition) is 2. The van der Waals surface area contributed by atoms with Crippen molar-refractivity contribution in [3.8, 4) is 22.3 Å². The van der Waals surface area contributed by atoms with Gasteiger partial charge in [-0.25, -0.2) is 0 Å². The van der Waals surface area contributed by atoms with Crippen LogP contribution in [-0.4, -0.2) is 10.2 Å². The lowest BCUT2D eigenvalue weighted by Crippen LogP contribution is -2.45. The Balaban J connectivity index is 1.69. The number of aliphatic hydroxyl groups is 2. The maximum atomic E-state index is 13.7. The SMILES string of the molecule is Cc1ccc(-c2c3c(c(-c4ccc(C)cc4)c4ccccc24)C(O)(c2ccccc2)c2ccccc2C3(O)c2ccccc2)cc1. The Bertz CT molecular complexity index is 2060. The minimum atomic E-state index is -1.59. The quantitative estimate of drug-likeness (QED) is 0.213. The third-order valence-corrected chi connectivity index (χ3v) is 9.71. The summed E-state index contributed by atoms with van der Waals surface area (Å²) in [6, 6.07) is 53.1. The molecule has 0 radical (unpaired) electrons. The molecule has 2 heteroatoms. The molecule has 2 N–H and O–H groups in total. The summed E-state index contributed by atoms with van der Waals surface area (Å²) in [5, 5.41) is 29.4. The van der Waals surface area contributed by atoms with Gasteiger partial charge in [-0.1, -0.05) is 169 Å². The van der Waals surface area contributed by atoms with Crippen LogP contribution in [0.4, 0.5) is 0 Å². The third-order valence-electron chi connectivity index (χ3n) is 9.71. The monoisotopic (exact) mass is 594 g/mol. The molecule has 0 heterocycles. The number of benzene rings is 7. The molecule has 8 rings (SSSR count). The Morgan fingerprint density at radius 3 is 1.07 bits per heavy atom. The van der Waals surface area contributed by atoms with Crippen molar-refractivity contribution in [1.82, 2.24) is 0 Å². The largest absolute Gasteiger partial charge is 0.376 e. The molecule has 0 saturated carbocycles. The van der Waals surface area contributed by atoms with E-state index in [0.717, 1.165) is 55.3 Å². The lowest BCUT2D eigenvalue weighted by Gasteiger charge is -2.47. The van der Waals surface area contributed by atoms with Crippen molar-refractivity contribution in [2.75, 3.05) is 0 Å². The first-order valence-corrected chi connectivity index (χ1v) is 15.8. The summed E-state index contributed by atoms with van der Waals surface area (Å²) in [6.45, 7) is 4.17. The standard InChI is InChI=1S/C44H34O2/c1-29-21-25-31(26-22-29)39-35-17-9-10-18-36(35)40(32-27-23-30(2)24-28-32)42-41(39)43(45,33-13-5-3-6-14-33)37-19-11-12-20-38(37)44(42,46)34-15-7-4-8-16-34/h3-28,45-46H,1-2H3. The molecule has 0 saturated heterocycles. The van der Waals surface area contributed by atoms with Gasteiger partial charge in [0, 0.05) is 11.1 Å². The number of rotatable bonds is 4. The second kappa shape index (κ2) is 10.7. The van der Waals surface area contributed by atoms with E-state index < -0.39 is 11.2 Å². The van der Waals surface area contributed by atoms with Crippen LogP contribution in [0.2, 0.25) is 0 Å². The topological polar surface area (TPSA) is 40.5 Å². The van der Waals surface area contributed by atoms with E-state index in [1.54, 1.807) is 0 Å². The van der Waals surface area contributed by atoms with Crippen LogP contribution in [0.15, 0.2) is 158 Å². The van der Waals surface area contributed by atoms with Crippen molar-refractivity contribution in [3.05, 3.63) is 202 Å². The fourth-order valence-corrected chi connectivity index (χ4v) is 7.54. The maximum absolute atomic E-state index is 13.7. The molecule has 0 aliphatic heterocycles. The molecular formula is C44H34O2. The molecule has 2 nitrogen and oxygen atoms in total. The van der Waals surface area contributed by atoms with Gasteiger partial charge in [0.2, 0.25) is 0 Å². The van der Waals surface area contributed by atoms with Gasteiger partial charge in [0.1, 0.15) is 11.2 Å². The third kappa shape index (κ3) is 4.04. The van der Waals surface area contributed by atoms with Gasteiger partial charge in [-0.2, -0.15) is 0 Å². The summed E-state index contributed by atoms with van der Waals surface area (Å²) in [5.74, 6) is 0. The molecule has 0 spiro atoms. The molecule has 2 unspecified atom stereocenters. The zero-order valence-corrected chi connectivity index (χ0v) is 25.9. The number of aryl methyl sites for hydroxylation is 2. The van der Waals surface area contributed by atoms with Crippen LogP contribution in [-0.2, 0) is 11.2 Å². The molecule has 2 atom stereocenters. The molecule has 0 amide bonds. The lowest BCUT2D eigenvalue weighted by molar-refractivity contribution is 0.0759. The van der Waals surface area contributed by atoms with Crippen LogP contribution in [0, 0.1) is 13.8 Å². The van der Waals surface area contributed by atoms with Crippen LogP contribution in [0.5, 0.6) is 0 Å².